The van der Waals surface area contributed by atoms with E-state index >= 15 is 0 Å². The summed E-state index contributed by atoms with van der Waals surface area (Å²) in [5.41, 5.74) is 0.919. The average molecular weight is 280 g/mol. The number of thioether (sulfide) groups is 1. The maximum atomic E-state index is 9.95. The Morgan fingerprint density at radius 3 is 2.61 bits per heavy atom. The fourth-order valence-corrected chi connectivity index (χ4v) is 2.46. The first-order valence-corrected chi connectivity index (χ1v) is 6.79. The van der Waals surface area contributed by atoms with Crippen LogP contribution < -0.4 is 0 Å². The molecule has 1 heterocycles. The van der Waals surface area contributed by atoms with Gasteiger partial charge in [0.05, 0.1) is 6.10 Å². The zero-order chi connectivity index (χ0) is 13.4. The molecule has 1 atom stereocenters. The van der Waals surface area contributed by atoms with Crippen molar-refractivity contribution in [1.29, 1.82) is 10.7 Å². The van der Waals surface area contributed by atoms with Gasteiger partial charge in [0.2, 0.25) is 0 Å². The molecule has 0 radical (unpaired) electrons. The van der Waals surface area contributed by atoms with Crippen molar-refractivity contribution in [3.8, 4) is 5.40 Å². The summed E-state index contributed by atoms with van der Waals surface area (Å²) < 4.78 is 0. The third-order valence-corrected chi connectivity index (χ3v) is 3.38. The van der Waals surface area contributed by atoms with Gasteiger partial charge < -0.3 is 22.6 Å². The first kappa shape index (κ1) is 14.8. The number of benzene rings is 1. The van der Waals surface area contributed by atoms with Crippen LogP contribution in [0.1, 0.15) is 11.7 Å². The van der Waals surface area contributed by atoms with Crippen molar-refractivity contribution in [2.45, 2.75) is 6.10 Å². The number of nitrogens with one attached hydrogen (secondary N) is 1. The summed E-state index contributed by atoms with van der Waals surface area (Å²) in [6.45, 7) is 1.39. The van der Waals surface area contributed by atoms with E-state index in [2.05, 4.69) is 12.6 Å². The highest BCUT2D eigenvalue weighted by molar-refractivity contribution is 8.14. The lowest BCUT2D eigenvalue weighted by Crippen LogP contribution is -2.28. The fraction of sp³-hybridized carbons (Fsp3) is 0.333. The van der Waals surface area contributed by atoms with Gasteiger partial charge in [0.25, 0.3) is 0 Å². The van der Waals surface area contributed by atoms with Crippen LogP contribution in [0.15, 0.2) is 30.3 Å². The number of thiocyanates is 1. The van der Waals surface area contributed by atoms with E-state index in [4.69, 9.17) is 10.7 Å². The molecule has 18 heavy (non-hydrogen) atoms. The molecule has 4 nitrogen and oxygen atoms in total. The third-order valence-electron chi connectivity index (χ3n) is 2.46. The molecule has 0 aliphatic carbocycles. The molecule has 1 aliphatic rings. The standard InChI is InChI=1S/C11H14N2OS.CHNS/c12-11-13(6-7-15-11)8-10(14)9-4-2-1-3-5-9;2-1-3/h1-5,10,12,14H,6-8H2;3H/p-1. The van der Waals surface area contributed by atoms with Crippen LogP contribution in [0.2, 0.25) is 0 Å². The first-order chi connectivity index (χ1) is 8.69. The molecular formula is C12H14N3OS2-. The molecule has 1 unspecified atom stereocenters. The summed E-state index contributed by atoms with van der Waals surface area (Å²) in [5, 5.41) is 26.6. The monoisotopic (exact) mass is 280 g/mol. The minimum absolute atomic E-state index is 0.495. The Balaban J connectivity index is 0.000000492. The maximum Gasteiger partial charge on any atom is 0.156 e. The molecule has 0 amide bonds. The molecule has 1 fully saturated rings. The molecule has 96 valence electrons. The lowest BCUT2D eigenvalue weighted by molar-refractivity contribution is 0.148. The maximum absolute atomic E-state index is 9.95. The second-order valence-corrected chi connectivity index (χ2v) is 4.88. The summed E-state index contributed by atoms with van der Waals surface area (Å²) in [4.78, 5) is 1.92. The van der Waals surface area contributed by atoms with Crippen molar-refractivity contribution in [2.75, 3.05) is 18.8 Å². The molecule has 1 aliphatic heterocycles. The lowest BCUT2D eigenvalue weighted by atomic mass is 10.1. The fourth-order valence-electron chi connectivity index (χ4n) is 1.61. The van der Waals surface area contributed by atoms with Crippen LogP contribution in [0.4, 0.5) is 0 Å². The van der Waals surface area contributed by atoms with Gasteiger partial charge in [0.15, 0.2) is 5.17 Å². The van der Waals surface area contributed by atoms with E-state index in [-0.39, 0.29) is 0 Å². The zero-order valence-corrected chi connectivity index (χ0v) is 11.4. The minimum atomic E-state index is -0.495. The molecule has 6 heteroatoms. The summed E-state index contributed by atoms with van der Waals surface area (Å²) >= 11 is 5.24. The second kappa shape index (κ2) is 7.93. The number of β-amino-alcohol motifs (C(OH)–C–C–N with tert-alkyl or cyclic N) is 1. The van der Waals surface area contributed by atoms with Crippen molar-refractivity contribution < 1.29 is 5.11 Å². The number of hydrogen-bond donors (Lipinski definition) is 2. The van der Waals surface area contributed by atoms with Crippen molar-refractivity contribution in [3.63, 3.8) is 0 Å². The van der Waals surface area contributed by atoms with Gasteiger partial charge in [-0.1, -0.05) is 47.5 Å². The number of amidine groups is 1. The highest BCUT2D eigenvalue weighted by Crippen LogP contribution is 2.20. The van der Waals surface area contributed by atoms with E-state index in [1.807, 2.05) is 35.2 Å². The molecule has 2 N–H and O–H groups in total. The van der Waals surface area contributed by atoms with E-state index in [1.54, 1.807) is 11.8 Å². The van der Waals surface area contributed by atoms with Crippen LogP contribution in [0.3, 0.4) is 0 Å². The van der Waals surface area contributed by atoms with Crippen molar-refractivity contribution in [3.05, 3.63) is 35.9 Å². The van der Waals surface area contributed by atoms with E-state index in [9.17, 15) is 5.11 Å². The number of aliphatic hydroxyl groups excluding tert-OH is 1. The van der Waals surface area contributed by atoms with Crippen molar-refractivity contribution >= 4 is 29.6 Å². The lowest BCUT2D eigenvalue weighted by Gasteiger charge is -2.20. The van der Waals surface area contributed by atoms with Gasteiger partial charge in [-0.3, -0.25) is 5.41 Å². The molecule has 1 aromatic carbocycles. The Hall–Kier alpha value is -1.29. The number of nitrogens with zero attached hydrogens (tertiary/aromatic N) is 2. The SMILES string of the molecule is N#C[S-].N=C1SCCN1CC(O)c1ccccc1. The van der Waals surface area contributed by atoms with Gasteiger partial charge >= 0.3 is 0 Å². The highest BCUT2D eigenvalue weighted by atomic mass is 32.2. The highest BCUT2D eigenvalue weighted by Gasteiger charge is 2.20. The normalized spacial score (nSPS) is 15.6. The zero-order valence-electron chi connectivity index (χ0n) is 9.74. The number of hydrogen-bond acceptors (Lipinski definition) is 5. The van der Waals surface area contributed by atoms with E-state index in [0.29, 0.717) is 11.7 Å². The Morgan fingerprint density at radius 2 is 2.11 bits per heavy atom. The van der Waals surface area contributed by atoms with Crippen molar-refractivity contribution in [2.24, 2.45) is 0 Å². The first-order valence-electron chi connectivity index (χ1n) is 5.39. The van der Waals surface area contributed by atoms with Gasteiger partial charge in [0, 0.05) is 18.8 Å². The molecule has 0 bridgehead atoms. The molecule has 1 saturated heterocycles. The van der Waals surface area contributed by atoms with Gasteiger partial charge in [-0.05, 0) is 5.56 Å². The number of rotatable bonds is 3. The predicted molar refractivity (Wildman–Crippen MR) is 76.1 cm³/mol. The Kier molecular flexibility index (Phi) is 6.50. The number of aliphatic hydroxyl groups is 1. The van der Waals surface area contributed by atoms with Crippen LogP contribution >= 0.6 is 11.8 Å². The summed E-state index contributed by atoms with van der Waals surface area (Å²) in [5.74, 6) is 0.959. The predicted octanol–water partition coefficient (Wildman–Crippen LogP) is 1.72. The third kappa shape index (κ3) is 4.53. The van der Waals surface area contributed by atoms with Crippen LogP contribution in [0.25, 0.3) is 0 Å². The Labute approximate surface area is 117 Å². The van der Waals surface area contributed by atoms with Crippen LogP contribution in [-0.2, 0) is 12.6 Å². The summed E-state index contributed by atoms with van der Waals surface area (Å²) in [7, 11) is 0. The van der Waals surface area contributed by atoms with E-state index in [0.717, 1.165) is 17.9 Å². The van der Waals surface area contributed by atoms with Crippen LogP contribution in [0, 0.1) is 16.1 Å². The quantitative estimate of drug-likeness (QED) is 0.651. The second-order valence-electron chi connectivity index (χ2n) is 3.62. The molecule has 0 spiro atoms. The van der Waals surface area contributed by atoms with E-state index < -0.39 is 6.10 Å². The van der Waals surface area contributed by atoms with E-state index in [1.165, 1.54) is 5.40 Å². The van der Waals surface area contributed by atoms with Gasteiger partial charge in [-0.15, -0.1) is 0 Å². The molecule has 0 saturated carbocycles. The summed E-state index contributed by atoms with van der Waals surface area (Å²) in [6, 6.07) is 9.60. The minimum Gasteiger partial charge on any atom is -0.696 e. The summed E-state index contributed by atoms with van der Waals surface area (Å²) in [6.07, 6.45) is -0.495. The number of nitriles is 1. The smallest absolute Gasteiger partial charge is 0.156 e. The molecule has 2 rings (SSSR count). The Morgan fingerprint density at radius 1 is 1.50 bits per heavy atom. The van der Waals surface area contributed by atoms with Crippen LogP contribution in [-0.4, -0.2) is 34.0 Å². The van der Waals surface area contributed by atoms with Gasteiger partial charge in [0.1, 0.15) is 0 Å². The molecule has 0 aromatic heterocycles. The molecule has 1 aromatic rings. The largest absolute Gasteiger partial charge is 0.696 e. The van der Waals surface area contributed by atoms with Crippen LogP contribution in [0.5, 0.6) is 0 Å². The Bertz CT molecular complexity index is 419. The van der Waals surface area contributed by atoms with Gasteiger partial charge in [-0.2, -0.15) is 0 Å². The topological polar surface area (TPSA) is 71.1 Å². The van der Waals surface area contributed by atoms with Gasteiger partial charge in [-0.25, -0.2) is 5.26 Å². The average Bonchev–Trinajstić information content (AvgIpc) is 2.77. The van der Waals surface area contributed by atoms with Crippen molar-refractivity contribution in [1.82, 2.24) is 4.90 Å². The molecular weight excluding hydrogens is 266 g/mol.